The largest absolute Gasteiger partial charge is 0.496 e. The second-order valence-corrected chi connectivity index (χ2v) is 5.56. The third-order valence-electron chi connectivity index (χ3n) is 3.26. The molecule has 1 aromatic rings. The van der Waals surface area contributed by atoms with Gasteiger partial charge >= 0.3 is 0 Å². The highest BCUT2D eigenvalue weighted by Gasteiger charge is 2.34. The topological polar surface area (TPSA) is 35.2 Å². The summed E-state index contributed by atoms with van der Waals surface area (Å²) in [6.07, 6.45) is 4.37. The maximum absolute atomic E-state index is 6.43. The van der Waals surface area contributed by atoms with Gasteiger partial charge in [0, 0.05) is 10.6 Å². The zero-order valence-electron chi connectivity index (χ0n) is 9.22. The molecular formula is C12H15BrClNO. The quantitative estimate of drug-likeness (QED) is 0.901. The molecule has 0 saturated heterocycles. The monoisotopic (exact) mass is 303 g/mol. The molecule has 1 saturated carbocycles. The maximum Gasteiger partial charge on any atom is 0.134 e. The predicted molar refractivity (Wildman–Crippen MR) is 70.0 cm³/mol. The van der Waals surface area contributed by atoms with Gasteiger partial charge in [-0.15, -0.1) is 0 Å². The van der Waals surface area contributed by atoms with E-state index in [0.29, 0.717) is 5.02 Å². The number of benzene rings is 1. The number of nitrogens with two attached hydrogens (primary N) is 1. The third kappa shape index (κ3) is 2.08. The Hall–Kier alpha value is -0.250. The molecule has 0 bridgehead atoms. The fourth-order valence-corrected chi connectivity index (χ4v) is 3.34. The van der Waals surface area contributed by atoms with Gasteiger partial charge in [0.25, 0.3) is 0 Å². The molecule has 88 valence electrons. The molecule has 1 aromatic carbocycles. The van der Waals surface area contributed by atoms with Crippen LogP contribution in [0.3, 0.4) is 0 Å². The summed E-state index contributed by atoms with van der Waals surface area (Å²) in [7, 11) is 1.64. The zero-order valence-corrected chi connectivity index (χ0v) is 11.6. The van der Waals surface area contributed by atoms with Gasteiger partial charge in [-0.3, -0.25) is 0 Å². The van der Waals surface area contributed by atoms with Crippen LogP contribution in [-0.2, 0) is 5.54 Å². The van der Waals surface area contributed by atoms with Crippen LogP contribution >= 0.6 is 27.5 Å². The van der Waals surface area contributed by atoms with Crippen molar-refractivity contribution in [1.29, 1.82) is 0 Å². The van der Waals surface area contributed by atoms with Crippen molar-refractivity contribution >= 4 is 27.5 Å². The third-order valence-corrected chi connectivity index (χ3v) is 4.29. The first-order valence-electron chi connectivity index (χ1n) is 5.39. The number of hydrogen-bond donors (Lipinski definition) is 1. The Balaban J connectivity index is 2.51. The van der Waals surface area contributed by atoms with Crippen LogP contribution in [0.4, 0.5) is 0 Å². The van der Waals surface area contributed by atoms with Crippen molar-refractivity contribution in [2.45, 2.75) is 31.2 Å². The summed E-state index contributed by atoms with van der Waals surface area (Å²) in [6, 6.07) is 3.74. The number of hydrogen-bond acceptors (Lipinski definition) is 2. The van der Waals surface area contributed by atoms with Crippen molar-refractivity contribution in [3.63, 3.8) is 0 Å². The molecule has 1 aliphatic carbocycles. The lowest BCUT2D eigenvalue weighted by Gasteiger charge is -2.26. The Kier molecular flexibility index (Phi) is 3.48. The lowest BCUT2D eigenvalue weighted by Crippen LogP contribution is -2.33. The van der Waals surface area contributed by atoms with Gasteiger partial charge in [0.15, 0.2) is 0 Å². The Morgan fingerprint density at radius 2 is 2.00 bits per heavy atom. The number of rotatable bonds is 2. The number of methoxy groups -OCH3 is 1. The van der Waals surface area contributed by atoms with Crippen molar-refractivity contribution < 1.29 is 4.74 Å². The lowest BCUT2D eigenvalue weighted by atomic mass is 9.89. The first kappa shape index (κ1) is 12.2. The van der Waals surface area contributed by atoms with E-state index in [0.717, 1.165) is 28.6 Å². The average molecular weight is 305 g/mol. The highest BCUT2D eigenvalue weighted by Crippen LogP contribution is 2.43. The molecule has 2 N–H and O–H groups in total. The predicted octanol–water partition coefficient (Wildman–Crippen LogP) is 3.84. The van der Waals surface area contributed by atoms with E-state index in [2.05, 4.69) is 15.9 Å². The summed E-state index contributed by atoms with van der Waals surface area (Å²) >= 11 is 9.64. The molecule has 16 heavy (non-hydrogen) atoms. The molecule has 0 aromatic heterocycles. The van der Waals surface area contributed by atoms with Crippen molar-refractivity contribution in [3.05, 3.63) is 27.2 Å². The molecule has 1 aliphatic rings. The van der Waals surface area contributed by atoms with Gasteiger partial charge in [-0.1, -0.05) is 24.4 Å². The molecule has 2 rings (SSSR count). The second-order valence-electron chi connectivity index (χ2n) is 4.33. The minimum Gasteiger partial charge on any atom is -0.496 e. The van der Waals surface area contributed by atoms with Gasteiger partial charge in [-0.05, 0) is 46.5 Å². The van der Waals surface area contributed by atoms with Crippen molar-refractivity contribution in [2.24, 2.45) is 5.73 Å². The van der Waals surface area contributed by atoms with Crippen LogP contribution < -0.4 is 10.5 Å². The number of ether oxygens (including phenoxy) is 1. The Bertz CT molecular complexity index is 402. The molecular weight excluding hydrogens is 289 g/mol. The second kappa shape index (κ2) is 4.55. The standard InChI is InChI=1S/C12H15BrClNO/c1-16-10-7-8(14)6-9(11(10)13)12(15)4-2-3-5-12/h6-7H,2-5,15H2,1H3. The first-order valence-corrected chi connectivity index (χ1v) is 6.56. The zero-order chi connectivity index (χ0) is 11.8. The SMILES string of the molecule is COc1cc(Cl)cc(C2(N)CCCC2)c1Br. The van der Waals surface area contributed by atoms with E-state index in [4.69, 9.17) is 22.1 Å². The molecule has 4 heteroatoms. The molecule has 0 atom stereocenters. The molecule has 2 nitrogen and oxygen atoms in total. The van der Waals surface area contributed by atoms with Gasteiger partial charge in [0.1, 0.15) is 5.75 Å². The first-order chi connectivity index (χ1) is 7.57. The Labute approximate surface area is 109 Å². The highest BCUT2D eigenvalue weighted by atomic mass is 79.9. The van der Waals surface area contributed by atoms with Crippen molar-refractivity contribution in [2.75, 3.05) is 7.11 Å². The van der Waals surface area contributed by atoms with Crippen LogP contribution in [0, 0.1) is 0 Å². The lowest BCUT2D eigenvalue weighted by molar-refractivity contribution is 0.404. The van der Waals surface area contributed by atoms with Crippen LogP contribution in [0.5, 0.6) is 5.75 Å². The number of halogens is 2. The van der Waals surface area contributed by atoms with Crippen LogP contribution in [0.15, 0.2) is 16.6 Å². The van der Waals surface area contributed by atoms with Gasteiger partial charge < -0.3 is 10.5 Å². The Morgan fingerprint density at radius 3 is 2.56 bits per heavy atom. The molecule has 0 amide bonds. The molecule has 1 fully saturated rings. The summed E-state index contributed by atoms with van der Waals surface area (Å²) < 4.78 is 6.22. The smallest absolute Gasteiger partial charge is 0.134 e. The van der Waals surface area contributed by atoms with Crippen molar-refractivity contribution in [3.8, 4) is 5.75 Å². The minimum absolute atomic E-state index is 0.253. The van der Waals surface area contributed by atoms with Gasteiger partial charge in [-0.25, -0.2) is 0 Å². The molecule has 0 heterocycles. The summed E-state index contributed by atoms with van der Waals surface area (Å²) in [5, 5.41) is 0.673. The summed E-state index contributed by atoms with van der Waals surface area (Å²) in [5.74, 6) is 0.749. The van der Waals surface area contributed by atoms with Gasteiger partial charge in [-0.2, -0.15) is 0 Å². The van der Waals surface area contributed by atoms with Gasteiger partial charge in [0.05, 0.1) is 11.6 Å². The van der Waals surface area contributed by atoms with E-state index in [1.54, 1.807) is 13.2 Å². The fourth-order valence-electron chi connectivity index (χ4n) is 2.35. The maximum atomic E-state index is 6.43. The van der Waals surface area contributed by atoms with Crippen LogP contribution in [0.25, 0.3) is 0 Å². The van der Waals surface area contributed by atoms with E-state index in [-0.39, 0.29) is 5.54 Å². The van der Waals surface area contributed by atoms with E-state index >= 15 is 0 Å². The van der Waals surface area contributed by atoms with Crippen LogP contribution in [-0.4, -0.2) is 7.11 Å². The molecule has 0 spiro atoms. The van der Waals surface area contributed by atoms with Gasteiger partial charge in [0.2, 0.25) is 0 Å². The molecule has 0 aliphatic heterocycles. The summed E-state index contributed by atoms with van der Waals surface area (Å²) in [6.45, 7) is 0. The Morgan fingerprint density at radius 1 is 1.38 bits per heavy atom. The van der Waals surface area contributed by atoms with Crippen LogP contribution in [0.2, 0.25) is 5.02 Å². The van der Waals surface area contributed by atoms with Crippen molar-refractivity contribution in [1.82, 2.24) is 0 Å². The molecule has 0 unspecified atom stereocenters. The minimum atomic E-state index is -0.253. The van der Waals surface area contributed by atoms with E-state index in [1.165, 1.54) is 12.8 Å². The normalized spacial score (nSPS) is 18.8. The van der Waals surface area contributed by atoms with E-state index in [1.807, 2.05) is 6.07 Å². The fraction of sp³-hybridized carbons (Fsp3) is 0.500. The average Bonchev–Trinajstić information content (AvgIpc) is 2.69. The highest BCUT2D eigenvalue weighted by molar-refractivity contribution is 9.10. The van der Waals surface area contributed by atoms with E-state index in [9.17, 15) is 0 Å². The molecule has 0 radical (unpaired) electrons. The summed E-state index contributed by atoms with van der Waals surface area (Å²) in [4.78, 5) is 0. The summed E-state index contributed by atoms with van der Waals surface area (Å²) in [5.41, 5.74) is 7.24. The van der Waals surface area contributed by atoms with E-state index < -0.39 is 0 Å². The van der Waals surface area contributed by atoms with Crippen LogP contribution in [0.1, 0.15) is 31.2 Å².